The summed E-state index contributed by atoms with van der Waals surface area (Å²) >= 11 is 0. The zero-order valence-corrected chi connectivity index (χ0v) is 13.6. The first-order valence-electron chi connectivity index (χ1n) is 6.53. The van der Waals surface area contributed by atoms with Gasteiger partial charge in [-0.15, -0.1) is 0 Å². The van der Waals surface area contributed by atoms with Gasteiger partial charge in [-0.3, -0.25) is 0 Å². The average molecular weight is 297 g/mol. The molecule has 0 saturated carbocycles. The third-order valence-corrected chi connectivity index (χ3v) is 4.42. The molecule has 0 aliphatic heterocycles. The Morgan fingerprint density at radius 3 is 2.30 bits per heavy atom. The lowest BCUT2D eigenvalue weighted by molar-refractivity contribution is -0.195. The van der Waals surface area contributed by atoms with Crippen LogP contribution in [-0.2, 0) is 20.5 Å². The fourth-order valence-electron chi connectivity index (χ4n) is 1.59. The molecule has 1 aromatic carbocycles. The molecule has 4 nitrogen and oxygen atoms in total. The van der Waals surface area contributed by atoms with Crippen LogP contribution in [0.1, 0.15) is 32.3 Å². The predicted octanol–water partition coefficient (Wildman–Crippen LogP) is 3.27. The number of benzene rings is 1. The monoisotopic (exact) mass is 297 g/mol. The lowest BCUT2D eigenvalue weighted by Crippen LogP contribution is -2.30. The normalized spacial score (nSPS) is 14.3. The first-order valence-corrected chi connectivity index (χ1v) is 7.64. The zero-order valence-electron chi connectivity index (χ0n) is 12.8. The first-order chi connectivity index (χ1) is 9.40. The standard InChI is InChI=1S/C15H23NO3S/c1-12-6-8-14(9-7-12)20(17)16-13(2)10-11-15(3,18-4)19-5/h6-9H,10-11H2,1-5H3/b16-13+/t20-/m0/s1. The average Bonchev–Trinajstić information content (AvgIpc) is 2.45. The molecule has 0 bridgehead atoms. The lowest BCUT2D eigenvalue weighted by atomic mass is 10.1. The van der Waals surface area contributed by atoms with Crippen LogP contribution in [0.3, 0.4) is 0 Å². The Balaban J connectivity index is 2.65. The number of aryl methyl sites for hydroxylation is 1. The van der Waals surface area contributed by atoms with Crippen molar-refractivity contribution in [2.75, 3.05) is 14.2 Å². The van der Waals surface area contributed by atoms with Crippen LogP contribution < -0.4 is 0 Å². The summed E-state index contributed by atoms with van der Waals surface area (Å²) in [5, 5.41) is 0. The van der Waals surface area contributed by atoms with Crippen molar-refractivity contribution in [2.24, 2.45) is 4.40 Å². The largest absolute Gasteiger partial charge is 0.353 e. The number of hydrogen-bond donors (Lipinski definition) is 0. The molecular weight excluding hydrogens is 274 g/mol. The summed E-state index contributed by atoms with van der Waals surface area (Å²) in [4.78, 5) is 0.719. The zero-order chi connectivity index (χ0) is 15.2. The number of methoxy groups -OCH3 is 2. The minimum Gasteiger partial charge on any atom is -0.353 e. The van der Waals surface area contributed by atoms with Crippen LogP contribution in [0, 0.1) is 6.92 Å². The Morgan fingerprint density at radius 1 is 1.25 bits per heavy atom. The maximum atomic E-state index is 12.1. The smallest absolute Gasteiger partial charge is 0.172 e. The van der Waals surface area contributed by atoms with Gasteiger partial charge in [-0.25, -0.2) is 4.21 Å². The maximum absolute atomic E-state index is 12.1. The number of nitrogens with zero attached hydrogens (tertiary/aromatic N) is 1. The highest BCUT2D eigenvalue weighted by Gasteiger charge is 2.22. The fourth-order valence-corrected chi connectivity index (χ4v) is 2.44. The van der Waals surface area contributed by atoms with E-state index in [1.54, 1.807) is 14.2 Å². The van der Waals surface area contributed by atoms with E-state index in [-0.39, 0.29) is 0 Å². The second kappa shape index (κ2) is 7.67. The molecular formula is C15H23NO3S. The maximum Gasteiger partial charge on any atom is 0.172 e. The highest BCUT2D eigenvalue weighted by Crippen LogP contribution is 2.18. The Kier molecular flexibility index (Phi) is 6.52. The van der Waals surface area contributed by atoms with Crippen LogP contribution in [0.4, 0.5) is 0 Å². The number of ether oxygens (including phenoxy) is 2. The van der Waals surface area contributed by atoms with Gasteiger partial charge in [0.15, 0.2) is 16.8 Å². The summed E-state index contributed by atoms with van der Waals surface area (Å²) in [6, 6.07) is 7.56. The molecule has 0 fully saturated rings. The van der Waals surface area contributed by atoms with Gasteiger partial charge in [0.2, 0.25) is 0 Å². The summed E-state index contributed by atoms with van der Waals surface area (Å²) < 4.78 is 26.9. The molecule has 5 heteroatoms. The molecule has 0 saturated heterocycles. The van der Waals surface area contributed by atoms with Crippen LogP contribution in [-0.4, -0.2) is 29.9 Å². The van der Waals surface area contributed by atoms with Crippen LogP contribution >= 0.6 is 0 Å². The quantitative estimate of drug-likeness (QED) is 0.573. The van der Waals surface area contributed by atoms with Crippen molar-refractivity contribution >= 4 is 16.7 Å². The fraction of sp³-hybridized carbons (Fsp3) is 0.533. The first kappa shape index (κ1) is 17.0. The highest BCUT2D eigenvalue weighted by atomic mass is 32.2. The summed E-state index contributed by atoms with van der Waals surface area (Å²) in [6.45, 7) is 5.74. The summed E-state index contributed by atoms with van der Waals surface area (Å²) in [5.41, 5.74) is 1.96. The molecule has 1 atom stereocenters. The Bertz CT molecular complexity index is 478. The molecule has 0 radical (unpaired) electrons. The third-order valence-electron chi connectivity index (χ3n) is 3.27. The van der Waals surface area contributed by atoms with Gasteiger partial charge in [0.1, 0.15) is 0 Å². The van der Waals surface area contributed by atoms with E-state index < -0.39 is 16.8 Å². The SMILES string of the molecule is COC(C)(CC/C(C)=N/[S@@](=O)c1ccc(C)cc1)OC. The van der Waals surface area contributed by atoms with Crippen molar-refractivity contribution in [1.29, 1.82) is 0 Å². The Labute approximate surface area is 123 Å². The van der Waals surface area contributed by atoms with Crippen molar-refractivity contribution in [2.45, 2.75) is 44.3 Å². The van der Waals surface area contributed by atoms with E-state index >= 15 is 0 Å². The minimum atomic E-state index is -1.35. The van der Waals surface area contributed by atoms with E-state index in [1.165, 1.54) is 0 Å². The van der Waals surface area contributed by atoms with Gasteiger partial charge in [-0.1, -0.05) is 17.7 Å². The molecule has 0 aromatic heterocycles. The van der Waals surface area contributed by atoms with Gasteiger partial charge in [0.25, 0.3) is 0 Å². The van der Waals surface area contributed by atoms with Crippen LogP contribution in [0.15, 0.2) is 33.6 Å². The molecule has 0 heterocycles. The summed E-state index contributed by atoms with van der Waals surface area (Å²) in [6.07, 6.45) is 1.34. The van der Waals surface area contributed by atoms with Crippen molar-refractivity contribution in [3.8, 4) is 0 Å². The van der Waals surface area contributed by atoms with Crippen molar-refractivity contribution in [1.82, 2.24) is 0 Å². The van der Waals surface area contributed by atoms with Crippen LogP contribution in [0.2, 0.25) is 0 Å². The molecule has 112 valence electrons. The van der Waals surface area contributed by atoms with Crippen molar-refractivity contribution < 1.29 is 13.7 Å². The molecule has 20 heavy (non-hydrogen) atoms. The Morgan fingerprint density at radius 2 is 1.80 bits per heavy atom. The van der Waals surface area contributed by atoms with Crippen molar-refractivity contribution in [3.05, 3.63) is 29.8 Å². The van der Waals surface area contributed by atoms with E-state index in [9.17, 15) is 4.21 Å². The van der Waals surface area contributed by atoms with Gasteiger partial charge in [-0.2, -0.15) is 4.40 Å². The second-order valence-corrected chi connectivity index (χ2v) is 6.08. The molecule has 0 aliphatic rings. The summed E-state index contributed by atoms with van der Waals surface area (Å²) in [7, 11) is 1.88. The van der Waals surface area contributed by atoms with Gasteiger partial charge >= 0.3 is 0 Å². The van der Waals surface area contributed by atoms with Gasteiger partial charge in [-0.05, 0) is 39.3 Å². The molecule has 1 rings (SSSR count). The second-order valence-electron chi connectivity index (χ2n) is 4.93. The molecule has 0 aliphatic carbocycles. The molecule has 0 amide bonds. The lowest BCUT2D eigenvalue weighted by Gasteiger charge is -2.26. The van der Waals surface area contributed by atoms with Gasteiger partial charge in [0.05, 0.1) is 4.90 Å². The molecule has 0 unspecified atom stereocenters. The summed E-state index contributed by atoms with van der Waals surface area (Å²) in [5.74, 6) is -0.623. The predicted molar refractivity (Wildman–Crippen MR) is 82.4 cm³/mol. The van der Waals surface area contributed by atoms with E-state index in [0.717, 1.165) is 16.2 Å². The van der Waals surface area contributed by atoms with Crippen molar-refractivity contribution in [3.63, 3.8) is 0 Å². The van der Waals surface area contributed by atoms with E-state index in [1.807, 2.05) is 45.0 Å². The topological polar surface area (TPSA) is 47.9 Å². The number of rotatable bonds is 7. The number of hydrogen-bond acceptors (Lipinski definition) is 3. The molecule has 1 aromatic rings. The minimum absolute atomic E-state index is 0.623. The Hall–Kier alpha value is -1.04. The molecule has 0 spiro atoms. The highest BCUT2D eigenvalue weighted by molar-refractivity contribution is 7.83. The van der Waals surface area contributed by atoms with E-state index in [4.69, 9.17) is 9.47 Å². The van der Waals surface area contributed by atoms with E-state index in [2.05, 4.69) is 4.40 Å². The third kappa shape index (κ3) is 5.15. The van der Waals surface area contributed by atoms with Gasteiger partial charge < -0.3 is 9.47 Å². The molecule has 0 N–H and O–H groups in total. The van der Waals surface area contributed by atoms with Crippen LogP contribution in [0.5, 0.6) is 0 Å². The van der Waals surface area contributed by atoms with Gasteiger partial charge in [0, 0.05) is 26.4 Å². The van der Waals surface area contributed by atoms with E-state index in [0.29, 0.717) is 12.8 Å². The van der Waals surface area contributed by atoms with Crippen LogP contribution in [0.25, 0.3) is 0 Å².